The van der Waals surface area contributed by atoms with Gasteiger partial charge in [0, 0.05) is 5.02 Å². The van der Waals surface area contributed by atoms with Gasteiger partial charge < -0.3 is 5.73 Å². The molecule has 2 rings (SSSR count). The van der Waals surface area contributed by atoms with E-state index in [0.29, 0.717) is 5.02 Å². The molecule has 0 radical (unpaired) electrons. The van der Waals surface area contributed by atoms with Gasteiger partial charge in [-0.05, 0) is 42.5 Å². The minimum atomic E-state index is -4.08. The van der Waals surface area contributed by atoms with Crippen molar-refractivity contribution in [1.82, 2.24) is 0 Å². The molecular formula is C14H12ClFN2O3S. The van der Waals surface area contributed by atoms with Crippen LogP contribution >= 0.6 is 11.6 Å². The molecule has 2 aromatic rings. The van der Waals surface area contributed by atoms with Crippen LogP contribution in [0, 0.1) is 5.82 Å². The van der Waals surface area contributed by atoms with Crippen LogP contribution < -0.4 is 10.0 Å². The molecule has 0 unspecified atom stereocenters. The van der Waals surface area contributed by atoms with E-state index < -0.39 is 28.3 Å². The quantitative estimate of drug-likeness (QED) is 0.904. The van der Waals surface area contributed by atoms with Crippen molar-refractivity contribution in [2.75, 3.05) is 10.8 Å². The fourth-order valence-corrected chi connectivity index (χ4v) is 3.43. The van der Waals surface area contributed by atoms with E-state index >= 15 is 0 Å². The topological polar surface area (TPSA) is 80.5 Å². The van der Waals surface area contributed by atoms with Crippen molar-refractivity contribution < 1.29 is 17.6 Å². The average Bonchev–Trinajstić information content (AvgIpc) is 2.45. The normalized spacial score (nSPS) is 11.2. The Balaban J connectivity index is 2.53. The second-order valence-corrected chi connectivity index (χ2v) is 6.71. The van der Waals surface area contributed by atoms with Crippen LogP contribution in [0.25, 0.3) is 0 Å². The van der Waals surface area contributed by atoms with Crippen molar-refractivity contribution >= 4 is 33.2 Å². The van der Waals surface area contributed by atoms with Crippen molar-refractivity contribution in [3.8, 4) is 0 Å². The SMILES string of the molecule is NC(=O)CN(c1cccc(Cl)c1)S(=O)(=O)c1ccc(F)cc1. The van der Waals surface area contributed by atoms with Crippen molar-refractivity contribution in [2.24, 2.45) is 5.73 Å². The summed E-state index contributed by atoms with van der Waals surface area (Å²) in [4.78, 5) is 11.1. The van der Waals surface area contributed by atoms with Gasteiger partial charge >= 0.3 is 0 Å². The highest BCUT2D eigenvalue weighted by molar-refractivity contribution is 7.92. The molecule has 0 heterocycles. The number of nitrogens with zero attached hydrogens (tertiary/aromatic N) is 1. The van der Waals surface area contributed by atoms with Crippen molar-refractivity contribution in [3.05, 3.63) is 59.4 Å². The monoisotopic (exact) mass is 342 g/mol. The van der Waals surface area contributed by atoms with Gasteiger partial charge in [-0.1, -0.05) is 17.7 Å². The summed E-state index contributed by atoms with van der Waals surface area (Å²) in [5.41, 5.74) is 5.32. The second kappa shape index (κ2) is 6.33. The molecular weight excluding hydrogens is 331 g/mol. The highest BCUT2D eigenvalue weighted by Gasteiger charge is 2.26. The third kappa shape index (κ3) is 3.55. The minimum absolute atomic E-state index is 0.157. The van der Waals surface area contributed by atoms with E-state index in [1.165, 1.54) is 12.1 Å². The summed E-state index contributed by atoms with van der Waals surface area (Å²) in [5.74, 6) is -1.39. The molecule has 0 aliphatic heterocycles. The molecule has 8 heteroatoms. The van der Waals surface area contributed by atoms with Crippen LogP contribution in [0.3, 0.4) is 0 Å². The number of nitrogens with two attached hydrogens (primary N) is 1. The van der Waals surface area contributed by atoms with Crippen LogP contribution in [0.2, 0.25) is 5.02 Å². The fourth-order valence-electron chi connectivity index (χ4n) is 1.82. The summed E-state index contributed by atoms with van der Waals surface area (Å²) >= 11 is 5.86. The van der Waals surface area contributed by atoms with Crippen LogP contribution in [-0.4, -0.2) is 20.9 Å². The molecule has 116 valence electrons. The zero-order valence-electron chi connectivity index (χ0n) is 11.2. The first-order valence-electron chi connectivity index (χ1n) is 6.13. The molecule has 2 N–H and O–H groups in total. The molecule has 5 nitrogen and oxygen atoms in total. The zero-order chi connectivity index (χ0) is 16.3. The highest BCUT2D eigenvalue weighted by Crippen LogP contribution is 2.26. The lowest BCUT2D eigenvalue weighted by Gasteiger charge is -2.23. The molecule has 22 heavy (non-hydrogen) atoms. The predicted octanol–water partition coefficient (Wildman–Crippen LogP) is 2.16. The van der Waals surface area contributed by atoms with Gasteiger partial charge in [0.1, 0.15) is 12.4 Å². The minimum Gasteiger partial charge on any atom is -0.368 e. The largest absolute Gasteiger partial charge is 0.368 e. The molecule has 1 amide bonds. The molecule has 0 aliphatic carbocycles. The predicted molar refractivity (Wildman–Crippen MR) is 81.6 cm³/mol. The van der Waals surface area contributed by atoms with E-state index in [-0.39, 0.29) is 10.6 Å². The molecule has 2 aromatic carbocycles. The van der Waals surface area contributed by atoms with Gasteiger partial charge in [0.15, 0.2) is 0 Å². The van der Waals surface area contributed by atoms with Gasteiger partial charge in [-0.2, -0.15) is 0 Å². The number of hydrogen-bond acceptors (Lipinski definition) is 3. The summed E-state index contributed by atoms with van der Waals surface area (Å²) in [6.07, 6.45) is 0. The van der Waals surface area contributed by atoms with Crippen molar-refractivity contribution in [1.29, 1.82) is 0 Å². The Morgan fingerprint density at radius 3 is 2.36 bits per heavy atom. The lowest BCUT2D eigenvalue weighted by Crippen LogP contribution is -2.38. The Morgan fingerprint density at radius 2 is 1.82 bits per heavy atom. The van der Waals surface area contributed by atoms with Crippen LogP contribution in [0.5, 0.6) is 0 Å². The van der Waals surface area contributed by atoms with Crippen LogP contribution in [-0.2, 0) is 14.8 Å². The average molecular weight is 343 g/mol. The Hall–Kier alpha value is -2.12. The Labute approximate surface area is 132 Å². The van der Waals surface area contributed by atoms with Gasteiger partial charge in [-0.15, -0.1) is 0 Å². The molecule has 0 aromatic heterocycles. The first-order valence-corrected chi connectivity index (χ1v) is 7.94. The summed E-state index contributed by atoms with van der Waals surface area (Å²) < 4.78 is 39.1. The van der Waals surface area contributed by atoms with Gasteiger partial charge in [0.05, 0.1) is 10.6 Å². The first kappa shape index (κ1) is 16.3. The molecule has 0 atom stereocenters. The highest BCUT2D eigenvalue weighted by atomic mass is 35.5. The van der Waals surface area contributed by atoms with E-state index in [1.807, 2.05) is 0 Å². The number of primary amides is 1. The number of anilines is 1. The molecule has 0 bridgehead atoms. The van der Waals surface area contributed by atoms with Crippen molar-refractivity contribution in [2.45, 2.75) is 4.90 Å². The summed E-state index contributed by atoms with van der Waals surface area (Å²) in [6.45, 7) is -0.556. The lowest BCUT2D eigenvalue weighted by molar-refractivity contribution is -0.116. The summed E-state index contributed by atoms with van der Waals surface area (Å²) in [6, 6.07) is 10.3. The molecule has 0 saturated heterocycles. The number of halogens is 2. The van der Waals surface area contributed by atoms with Gasteiger partial charge in [-0.3, -0.25) is 9.10 Å². The zero-order valence-corrected chi connectivity index (χ0v) is 12.8. The summed E-state index contributed by atoms with van der Waals surface area (Å²) in [5, 5.41) is 0.307. The number of hydrogen-bond donors (Lipinski definition) is 1. The number of benzene rings is 2. The Bertz CT molecular complexity index is 794. The standard InChI is InChI=1S/C14H12ClFN2O3S/c15-10-2-1-3-12(8-10)18(9-14(17)19)22(20,21)13-6-4-11(16)5-7-13/h1-8H,9H2,(H2,17,19). The molecule has 0 saturated carbocycles. The van der Waals surface area contributed by atoms with Crippen LogP contribution in [0.15, 0.2) is 53.4 Å². The second-order valence-electron chi connectivity index (χ2n) is 4.41. The Kier molecular flexibility index (Phi) is 4.68. The van der Waals surface area contributed by atoms with E-state index in [0.717, 1.165) is 28.6 Å². The van der Waals surface area contributed by atoms with Gasteiger partial charge in [0.2, 0.25) is 5.91 Å². The maximum atomic E-state index is 13.0. The Morgan fingerprint density at radius 1 is 1.18 bits per heavy atom. The third-order valence-corrected chi connectivity index (χ3v) is 4.82. The number of amides is 1. The third-order valence-electron chi connectivity index (χ3n) is 2.80. The maximum absolute atomic E-state index is 13.0. The van der Waals surface area contributed by atoms with E-state index in [1.54, 1.807) is 12.1 Å². The van der Waals surface area contributed by atoms with Crippen LogP contribution in [0.1, 0.15) is 0 Å². The number of rotatable bonds is 5. The van der Waals surface area contributed by atoms with E-state index in [4.69, 9.17) is 17.3 Å². The van der Waals surface area contributed by atoms with Gasteiger partial charge in [-0.25, -0.2) is 12.8 Å². The maximum Gasteiger partial charge on any atom is 0.264 e. The van der Waals surface area contributed by atoms with E-state index in [9.17, 15) is 17.6 Å². The van der Waals surface area contributed by atoms with Gasteiger partial charge in [0.25, 0.3) is 10.0 Å². The van der Waals surface area contributed by atoms with Crippen molar-refractivity contribution in [3.63, 3.8) is 0 Å². The number of sulfonamides is 1. The summed E-state index contributed by atoms with van der Waals surface area (Å²) in [7, 11) is -4.08. The molecule has 0 spiro atoms. The van der Waals surface area contributed by atoms with Crippen LogP contribution in [0.4, 0.5) is 10.1 Å². The first-order chi connectivity index (χ1) is 10.3. The lowest BCUT2D eigenvalue weighted by atomic mass is 10.3. The van der Waals surface area contributed by atoms with E-state index in [2.05, 4.69) is 0 Å². The number of carbonyl (C=O) groups is 1. The smallest absolute Gasteiger partial charge is 0.264 e. The molecule has 0 fully saturated rings. The number of carbonyl (C=O) groups excluding carboxylic acids is 1. The fraction of sp³-hybridized carbons (Fsp3) is 0.0714. The molecule has 0 aliphatic rings.